The predicted molar refractivity (Wildman–Crippen MR) is 71.0 cm³/mol. The fourth-order valence-electron chi connectivity index (χ4n) is 2.03. The molecular weight excluding hydrogens is 208 g/mol. The Bertz CT molecular complexity index is 448. The number of aromatic nitrogens is 1. The van der Waals surface area contributed by atoms with Gasteiger partial charge < -0.3 is 5.32 Å². The van der Waals surface area contributed by atoms with E-state index < -0.39 is 0 Å². The maximum atomic E-state index is 4.06. The van der Waals surface area contributed by atoms with Crippen LogP contribution in [0, 0.1) is 0 Å². The molecule has 1 atom stereocenters. The summed E-state index contributed by atoms with van der Waals surface area (Å²) in [6.07, 6.45) is 4.75. The molecule has 1 N–H and O–H groups in total. The molecule has 2 heteroatoms. The van der Waals surface area contributed by atoms with E-state index in [1.807, 2.05) is 19.4 Å². The number of aryl methyl sites for hydroxylation is 1. The van der Waals surface area contributed by atoms with Crippen molar-refractivity contribution in [2.24, 2.45) is 0 Å². The quantitative estimate of drug-likeness (QED) is 0.867. The second kappa shape index (κ2) is 5.60. The highest BCUT2D eigenvalue weighted by Gasteiger charge is 2.10. The molecular formula is C15H18N2. The van der Waals surface area contributed by atoms with Crippen molar-refractivity contribution >= 4 is 0 Å². The molecule has 0 saturated carbocycles. The molecule has 88 valence electrons. The average molecular weight is 226 g/mol. The van der Waals surface area contributed by atoms with Crippen molar-refractivity contribution in [2.75, 3.05) is 7.05 Å². The van der Waals surface area contributed by atoms with Crippen molar-refractivity contribution in [3.8, 4) is 0 Å². The Balaban J connectivity index is 2.29. The number of pyridine rings is 1. The molecule has 0 spiro atoms. The van der Waals surface area contributed by atoms with Gasteiger partial charge in [-0.25, -0.2) is 0 Å². The van der Waals surface area contributed by atoms with E-state index >= 15 is 0 Å². The van der Waals surface area contributed by atoms with Gasteiger partial charge in [0, 0.05) is 12.4 Å². The maximum absolute atomic E-state index is 4.06. The third kappa shape index (κ3) is 2.71. The zero-order valence-electron chi connectivity index (χ0n) is 10.4. The Morgan fingerprint density at radius 3 is 2.12 bits per heavy atom. The van der Waals surface area contributed by atoms with Crippen LogP contribution < -0.4 is 5.32 Å². The monoisotopic (exact) mass is 226 g/mol. The molecule has 2 nitrogen and oxygen atoms in total. The van der Waals surface area contributed by atoms with Gasteiger partial charge in [0.1, 0.15) is 0 Å². The van der Waals surface area contributed by atoms with Crippen molar-refractivity contribution in [3.05, 3.63) is 65.5 Å². The van der Waals surface area contributed by atoms with Crippen molar-refractivity contribution in [1.29, 1.82) is 0 Å². The predicted octanol–water partition coefficient (Wildman–Crippen LogP) is 2.95. The third-order valence-electron chi connectivity index (χ3n) is 3.05. The van der Waals surface area contributed by atoms with E-state index in [1.165, 1.54) is 16.7 Å². The van der Waals surface area contributed by atoms with Gasteiger partial charge in [0.2, 0.25) is 0 Å². The smallest absolute Gasteiger partial charge is 0.0575 e. The number of rotatable bonds is 4. The van der Waals surface area contributed by atoms with Gasteiger partial charge in [0.15, 0.2) is 0 Å². The van der Waals surface area contributed by atoms with Crippen molar-refractivity contribution in [3.63, 3.8) is 0 Å². The fourth-order valence-corrected chi connectivity index (χ4v) is 2.03. The molecule has 0 radical (unpaired) electrons. The van der Waals surface area contributed by atoms with E-state index in [0.29, 0.717) is 0 Å². The van der Waals surface area contributed by atoms with Crippen LogP contribution in [0.15, 0.2) is 48.8 Å². The molecule has 17 heavy (non-hydrogen) atoms. The summed E-state index contributed by atoms with van der Waals surface area (Å²) >= 11 is 0. The molecule has 0 aliphatic carbocycles. The first-order chi connectivity index (χ1) is 8.35. The van der Waals surface area contributed by atoms with Crippen LogP contribution in [0.4, 0.5) is 0 Å². The molecule has 1 aromatic carbocycles. The standard InChI is InChI=1S/C15H18N2/c1-3-12-4-6-13(7-5-12)15(16-2)14-8-10-17-11-9-14/h4-11,15-16H,3H2,1-2H3. The van der Waals surface area contributed by atoms with Gasteiger partial charge in [-0.2, -0.15) is 0 Å². The van der Waals surface area contributed by atoms with Crippen LogP contribution in [0.3, 0.4) is 0 Å². The van der Waals surface area contributed by atoms with Crippen LogP contribution in [0.2, 0.25) is 0 Å². The second-order valence-corrected chi connectivity index (χ2v) is 4.10. The van der Waals surface area contributed by atoms with Gasteiger partial charge in [0.25, 0.3) is 0 Å². The highest BCUT2D eigenvalue weighted by molar-refractivity contribution is 5.32. The maximum Gasteiger partial charge on any atom is 0.0575 e. The van der Waals surface area contributed by atoms with Gasteiger partial charge in [-0.1, -0.05) is 31.2 Å². The lowest BCUT2D eigenvalue weighted by Gasteiger charge is -2.17. The first-order valence-corrected chi connectivity index (χ1v) is 6.01. The molecule has 1 heterocycles. The second-order valence-electron chi connectivity index (χ2n) is 4.10. The minimum Gasteiger partial charge on any atom is -0.309 e. The van der Waals surface area contributed by atoms with E-state index in [2.05, 4.69) is 53.6 Å². The summed E-state index contributed by atoms with van der Waals surface area (Å²) in [5.74, 6) is 0. The van der Waals surface area contributed by atoms with Crippen LogP contribution in [-0.4, -0.2) is 12.0 Å². The van der Waals surface area contributed by atoms with E-state index in [1.54, 1.807) is 0 Å². The van der Waals surface area contributed by atoms with Gasteiger partial charge in [-0.3, -0.25) is 4.98 Å². The van der Waals surface area contributed by atoms with E-state index in [-0.39, 0.29) is 6.04 Å². The third-order valence-corrected chi connectivity index (χ3v) is 3.05. The molecule has 2 rings (SSSR count). The molecule has 0 fully saturated rings. The summed E-state index contributed by atoms with van der Waals surface area (Å²) < 4.78 is 0. The summed E-state index contributed by atoms with van der Waals surface area (Å²) in [4.78, 5) is 4.06. The zero-order valence-corrected chi connectivity index (χ0v) is 10.4. The molecule has 0 bridgehead atoms. The van der Waals surface area contributed by atoms with Crippen molar-refractivity contribution < 1.29 is 0 Å². The number of nitrogens with one attached hydrogen (secondary N) is 1. The Labute approximate surface area is 103 Å². The lowest BCUT2D eigenvalue weighted by Crippen LogP contribution is -2.17. The van der Waals surface area contributed by atoms with Crippen LogP contribution in [0.5, 0.6) is 0 Å². The number of nitrogens with zero attached hydrogens (tertiary/aromatic N) is 1. The first kappa shape index (κ1) is 11.8. The molecule has 2 aromatic rings. The summed E-state index contributed by atoms with van der Waals surface area (Å²) in [6, 6.07) is 13.1. The van der Waals surface area contributed by atoms with Gasteiger partial charge >= 0.3 is 0 Å². The molecule has 1 unspecified atom stereocenters. The normalized spacial score (nSPS) is 12.4. The average Bonchev–Trinajstić information content (AvgIpc) is 2.42. The molecule has 0 aliphatic heterocycles. The number of hydrogen-bond acceptors (Lipinski definition) is 2. The fraction of sp³-hybridized carbons (Fsp3) is 0.267. The van der Waals surface area contributed by atoms with E-state index in [9.17, 15) is 0 Å². The van der Waals surface area contributed by atoms with Crippen LogP contribution >= 0.6 is 0 Å². The van der Waals surface area contributed by atoms with Crippen molar-refractivity contribution in [1.82, 2.24) is 10.3 Å². The summed E-state index contributed by atoms with van der Waals surface area (Å²) in [5.41, 5.74) is 3.90. The van der Waals surface area contributed by atoms with Crippen molar-refractivity contribution in [2.45, 2.75) is 19.4 Å². The first-order valence-electron chi connectivity index (χ1n) is 6.01. The molecule has 1 aromatic heterocycles. The van der Waals surface area contributed by atoms with Gasteiger partial charge in [-0.05, 0) is 42.3 Å². The summed E-state index contributed by atoms with van der Waals surface area (Å²) in [5, 5.41) is 3.34. The minimum atomic E-state index is 0.240. The Morgan fingerprint density at radius 2 is 1.59 bits per heavy atom. The molecule has 0 amide bonds. The molecule has 0 saturated heterocycles. The largest absolute Gasteiger partial charge is 0.309 e. The van der Waals surface area contributed by atoms with Crippen LogP contribution in [-0.2, 0) is 6.42 Å². The Morgan fingerprint density at radius 1 is 1.00 bits per heavy atom. The SMILES string of the molecule is CCc1ccc(C(NC)c2ccncc2)cc1. The van der Waals surface area contributed by atoms with E-state index in [0.717, 1.165) is 6.42 Å². The van der Waals surface area contributed by atoms with Gasteiger partial charge in [-0.15, -0.1) is 0 Å². The minimum absolute atomic E-state index is 0.240. The zero-order chi connectivity index (χ0) is 12.1. The van der Waals surface area contributed by atoms with Gasteiger partial charge in [0.05, 0.1) is 6.04 Å². The summed E-state index contributed by atoms with van der Waals surface area (Å²) in [7, 11) is 1.98. The van der Waals surface area contributed by atoms with Crippen LogP contribution in [0.25, 0.3) is 0 Å². The molecule has 0 aliphatic rings. The highest BCUT2D eigenvalue weighted by atomic mass is 14.9. The Hall–Kier alpha value is -1.67. The lowest BCUT2D eigenvalue weighted by molar-refractivity contribution is 0.690. The highest BCUT2D eigenvalue weighted by Crippen LogP contribution is 2.21. The van der Waals surface area contributed by atoms with E-state index in [4.69, 9.17) is 0 Å². The lowest BCUT2D eigenvalue weighted by atomic mass is 9.98. The Kier molecular flexibility index (Phi) is 3.89. The summed E-state index contributed by atoms with van der Waals surface area (Å²) in [6.45, 7) is 2.17. The number of hydrogen-bond donors (Lipinski definition) is 1. The van der Waals surface area contributed by atoms with Crippen LogP contribution in [0.1, 0.15) is 29.7 Å². The topological polar surface area (TPSA) is 24.9 Å². The number of benzene rings is 1.